The summed E-state index contributed by atoms with van der Waals surface area (Å²) in [5, 5.41) is 10.4. The van der Waals surface area contributed by atoms with Gasteiger partial charge in [0, 0.05) is 24.3 Å². The van der Waals surface area contributed by atoms with E-state index in [0.29, 0.717) is 36.2 Å². The normalized spacial score (nSPS) is 20.7. The number of hydrogen-bond donors (Lipinski definition) is 1. The lowest BCUT2D eigenvalue weighted by molar-refractivity contribution is -0.118. The lowest BCUT2D eigenvalue weighted by atomic mass is 9.84. The number of aliphatic hydroxyl groups excluding tert-OH is 1. The van der Waals surface area contributed by atoms with Crippen molar-refractivity contribution in [1.82, 2.24) is 0 Å². The number of allylic oxidation sites excluding steroid dienone is 3. The van der Waals surface area contributed by atoms with E-state index >= 15 is 0 Å². The van der Waals surface area contributed by atoms with Crippen molar-refractivity contribution in [3.8, 4) is 0 Å². The first-order chi connectivity index (χ1) is 28.0. The van der Waals surface area contributed by atoms with Crippen LogP contribution in [0.3, 0.4) is 0 Å². The van der Waals surface area contributed by atoms with Crippen LogP contribution >= 0.6 is 0 Å². The van der Waals surface area contributed by atoms with Crippen LogP contribution in [-0.4, -0.2) is 22.8 Å². The molecule has 0 spiro atoms. The molecule has 0 aromatic heterocycles. The Morgan fingerprint density at radius 1 is 0.456 bits per heavy atom. The van der Waals surface area contributed by atoms with Gasteiger partial charge in [0.2, 0.25) is 0 Å². The van der Waals surface area contributed by atoms with Crippen LogP contribution < -0.4 is 0 Å². The predicted molar refractivity (Wildman–Crippen MR) is 228 cm³/mol. The fourth-order valence-corrected chi connectivity index (χ4v) is 10.7. The number of fused-ring (bicyclic) bond motifs is 6. The molecule has 0 saturated carbocycles. The smallest absolute Gasteiger partial charge is 0.167 e. The summed E-state index contributed by atoms with van der Waals surface area (Å²) in [6.07, 6.45) is 9.03. The summed E-state index contributed by atoms with van der Waals surface area (Å²) >= 11 is 0. The molecule has 12 rings (SSSR count). The van der Waals surface area contributed by atoms with Gasteiger partial charge >= 0.3 is 0 Å². The van der Waals surface area contributed by atoms with Gasteiger partial charge in [0.25, 0.3) is 0 Å². The van der Waals surface area contributed by atoms with Gasteiger partial charge in [-0.2, -0.15) is 0 Å². The SMILES string of the molecule is O=C1Cc2ccccc2C1=C1Cc2ccccc2C1.O=C1Cc2ccccc2C1C1=Cc2ccccc2C1.OC1Cc2ccccc2C1C1Cc2ccccc2C1. The van der Waals surface area contributed by atoms with Crippen molar-refractivity contribution in [1.29, 1.82) is 0 Å². The van der Waals surface area contributed by atoms with Crippen molar-refractivity contribution >= 4 is 23.2 Å². The van der Waals surface area contributed by atoms with Gasteiger partial charge in [-0.05, 0) is 117 Å². The van der Waals surface area contributed by atoms with Crippen molar-refractivity contribution in [3.63, 3.8) is 0 Å². The van der Waals surface area contributed by atoms with Crippen LogP contribution in [0.15, 0.2) is 157 Å². The van der Waals surface area contributed by atoms with E-state index in [1.54, 1.807) is 0 Å². The van der Waals surface area contributed by atoms with Gasteiger partial charge in [-0.25, -0.2) is 0 Å². The van der Waals surface area contributed by atoms with Crippen LogP contribution in [0.1, 0.15) is 78.6 Å². The molecule has 3 atom stereocenters. The fourth-order valence-electron chi connectivity index (χ4n) is 10.7. The molecule has 0 aliphatic heterocycles. The summed E-state index contributed by atoms with van der Waals surface area (Å²) in [6.45, 7) is 0. The summed E-state index contributed by atoms with van der Waals surface area (Å²) < 4.78 is 0. The van der Waals surface area contributed by atoms with Gasteiger partial charge in [0.15, 0.2) is 5.78 Å². The average molecular weight is 743 g/mol. The lowest BCUT2D eigenvalue weighted by Crippen LogP contribution is -2.22. The highest BCUT2D eigenvalue weighted by atomic mass is 16.3. The molecular weight excluding hydrogens is 697 g/mol. The molecule has 3 heteroatoms. The summed E-state index contributed by atoms with van der Waals surface area (Å²) in [4.78, 5) is 24.6. The van der Waals surface area contributed by atoms with E-state index in [4.69, 9.17) is 0 Å². The van der Waals surface area contributed by atoms with Crippen LogP contribution in [0.5, 0.6) is 0 Å². The number of aliphatic hydroxyl groups is 1. The van der Waals surface area contributed by atoms with E-state index in [2.05, 4.69) is 127 Å². The first-order valence-electron chi connectivity index (χ1n) is 20.6. The van der Waals surface area contributed by atoms with Crippen molar-refractivity contribution in [2.24, 2.45) is 5.92 Å². The van der Waals surface area contributed by atoms with Crippen LogP contribution in [0.4, 0.5) is 0 Å². The third-order valence-corrected chi connectivity index (χ3v) is 13.3. The highest BCUT2D eigenvalue weighted by Crippen LogP contribution is 2.45. The lowest BCUT2D eigenvalue weighted by Gasteiger charge is -2.23. The minimum absolute atomic E-state index is 0.0106. The Balaban J connectivity index is 0.000000104. The quantitative estimate of drug-likeness (QED) is 0.180. The number of Topliss-reactive ketones (excluding diaryl/α,β-unsaturated/α-hetero) is 2. The molecule has 6 aromatic carbocycles. The number of rotatable bonds is 2. The molecule has 3 unspecified atom stereocenters. The van der Waals surface area contributed by atoms with Crippen molar-refractivity contribution in [2.75, 3.05) is 0 Å². The molecule has 57 heavy (non-hydrogen) atoms. The maximum Gasteiger partial charge on any atom is 0.167 e. The largest absolute Gasteiger partial charge is 0.392 e. The van der Waals surface area contributed by atoms with Crippen LogP contribution in [0.2, 0.25) is 0 Å². The topological polar surface area (TPSA) is 54.4 Å². The third-order valence-electron chi connectivity index (χ3n) is 13.3. The van der Waals surface area contributed by atoms with Crippen LogP contribution in [0.25, 0.3) is 11.6 Å². The molecule has 3 nitrogen and oxygen atoms in total. The summed E-state index contributed by atoms with van der Waals surface area (Å²) in [5.41, 5.74) is 19.4. The Morgan fingerprint density at radius 3 is 1.68 bits per heavy atom. The minimum atomic E-state index is -0.197. The van der Waals surface area contributed by atoms with Gasteiger partial charge in [-0.3, -0.25) is 9.59 Å². The standard InChI is InChI=1S/C18H18O.2C18H14O/c3*19-17-11-14-7-3-4-8-16(14)18(17)15-9-12-5-1-2-6-13(12)10-15/h1-8,15,17-19H,9-11H2;1-8H,9-11H2;1-9,18H,10-11H2. The summed E-state index contributed by atoms with van der Waals surface area (Å²) in [7, 11) is 0. The molecule has 6 aliphatic rings. The number of benzene rings is 6. The maximum absolute atomic E-state index is 12.3. The van der Waals surface area contributed by atoms with Crippen molar-refractivity contribution in [2.45, 2.75) is 69.3 Å². The van der Waals surface area contributed by atoms with E-state index < -0.39 is 0 Å². The first-order valence-corrected chi connectivity index (χ1v) is 20.6. The average Bonchev–Trinajstić information content (AvgIpc) is 4.08. The number of hydrogen-bond acceptors (Lipinski definition) is 3. The maximum atomic E-state index is 12.3. The predicted octanol–water partition coefficient (Wildman–Crippen LogP) is 10.0. The van der Waals surface area contributed by atoms with E-state index in [1.165, 1.54) is 72.3 Å². The second-order valence-corrected chi connectivity index (χ2v) is 16.7. The second kappa shape index (κ2) is 14.9. The van der Waals surface area contributed by atoms with E-state index in [0.717, 1.165) is 49.7 Å². The zero-order chi connectivity index (χ0) is 38.5. The molecule has 0 heterocycles. The van der Waals surface area contributed by atoms with Gasteiger partial charge < -0.3 is 5.11 Å². The van der Waals surface area contributed by atoms with E-state index in [-0.39, 0.29) is 12.0 Å². The summed E-state index contributed by atoms with van der Waals surface area (Å²) in [6, 6.07) is 50.7. The Hall–Kier alpha value is -5.90. The Kier molecular flexibility index (Phi) is 9.27. The Bertz CT molecular complexity index is 2570. The van der Waals surface area contributed by atoms with Crippen molar-refractivity contribution in [3.05, 3.63) is 224 Å². The molecule has 280 valence electrons. The molecule has 1 N–H and O–H groups in total. The second-order valence-electron chi connectivity index (χ2n) is 16.7. The van der Waals surface area contributed by atoms with Crippen molar-refractivity contribution < 1.29 is 14.7 Å². The van der Waals surface area contributed by atoms with Gasteiger partial charge in [-0.15, -0.1) is 0 Å². The van der Waals surface area contributed by atoms with Crippen LogP contribution in [0, 0.1) is 5.92 Å². The summed E-state index contributed by atoms with van der Waals surface area (Å²) in [5.74, 6) is 1.52. The number of ketones is 2. The van der Waals surface area contributed by atoms with Gasteiger partial charge in [0.1, 0.15) is 5.78 Å². The number of carbonyl (C=O) groups is 2. The molecule has 0 fully saturated rings. The monoisotopic (exact) mass is 742 g/mol. The highest BCUT2D eigenvalue weighted by Gasteiger charge is 2.39. The molecule has 6 aromatic rings. The van der Waals surface area contributed by atoms with Gasteiger partial charge in [-0.1, -0.05) is 157 Å². The Labute approximate surface area is 335 Å². The minimum Gasteiger partial charge on any atom is -0.392 e. The highest BCUT2D eigenvalue weighted by molar-refractivity contribution is 6.26. The fraction of sp³-hybridized carbons (Fsp3) is 0.222. The zero-order valence-corrected chi connectivity index (χ0v) is 32.2. The van der Waals surface area contributed by atoms with Crippen LogP contribution in [-0.2, 0) is 61.0 Å². The molecular formula is C54H46O3. The zero-order valence-electron chi connectivity index (χ0n) is 32.2. The third kappa shape index (κ3) is 6.64. The molecule has 0 amide bonds. The van der Waals surface area contributed by atoms with E-state index in [9.17, 15) is 14.7 Å². The molecule has 0 radical (unpaired) electrons. The number of carbonyl (C=O) groups excluding carboxylic acids is 2. The molecule has 0 saturated heterocycles. The first kappa shape index (κ1) is 35.5. The Morgan fingerprint density at radius 2 is 1.00 bits per heavy atom. The molecule has 0 bridgehead atoms. The molecule has 6 aliphatic carbocycles. The van der Waals surface area contributed by atoms with Gasteiger partial charge in [0.05, 0.1) is 12.0 Å². The van der Waals surface area contributed by atoms with E-state index in [1.807, 2.05) is 24.3 Å².